The van der Waals surface area contributed by atoms with Crippen LogP contribution in [0.5, 0.6) is 5.75 Å². The van der Waals surface area contributed by atoms with Gasteiger partial charge >= 0.3 is 0 Å². The molecule has 0 unspecified atom stereocenters. The largest absolute Gasteiger partial charge is 0.508 e. The van der Waals surface area contributed by atoms with E-state index in [1.54, 1.807) is 12.1 Å². The molecule has 1 aliphatic heterocycles. The Kier molecular flexibility index (Phi) is 2.93. The number of fused-ring (bicyclic) bond motifs is 3. The van der Waals surface area contributed by atoms with E-state index in [1.165, 1.54) is 27.7 Å². The number of benzene rings is 2. The molecule has 0 saturated carbocycles. The van der Waals surface area contributed by atoms with E-state index in [4.69, 9.17) is 0 Å². The number of nitrogens with zero attached hydrogens (tertiary/aromatic N) is 1. The van der Waals surface area contributed by atoms with E-state index in [1.807, 2.05) is 12.1 Å². The second-order valence-electron chi connectivity index (χ2n) is 5.75. The van der Waals surface area contributed by atoms with Crippen LogP contribution in [0.1, 0.15) is 16.8 Å². The number of phenolic OH excluding ortho intramolecular Hbond substituents is 1. The summed E-state index contributed by atoms with van der Waals surface area (Å²) in [6.45, 7) is 2.97. The van der Waals surface area contributed by atoms with Crippen molar-refractivity contribution in [2.24, 2.45) is 0 Å². The van der Waals surface area contributed by atoms with Gasteiger partial charge < -0.3 is 10.1 Å². The molecule has 0 spiro atoms. The summed E-state index contributed by atoms with van der Waals surface area (Å²) in [6, 6.07) is 16.1. The highest BCUT2D eigenvalue weighted by molar-refractivity contribution is 5.84. The van der Waals surface area contributed by atoms with Gasteiger partial charge in [0, 0.05) is 36.2 Å². The molecule has 3 nitrogen and oxygen atoms in total. The number of phenols is 1. The summed E-state index contributed by atoms with van der Waals surface area (Å²) < 4.78 is 0. The molecule has 2 heterocycles. The van der Waals surface area contributed by atoms with Crippen LogP contribution in [-0.2, 0) is 19.5 Å². The number of para-hydroxylation sites is 1. The Morgan fingerprint density at radius 3 is 2.71 bits per heavy atom. The van der Waals surface area contributed by atoms with E-state index in [9.17, 15) is 5.11 Å². The normalized spacial score (nSPS) is 15.2. The predicted octanol–water partition coefficient (Wildman–Crippen LogP) is 3.43. The second-order valence-corrected chi connectivity index (χ2v) is 5.75. The first kappa shape index (κ1) is 12.5. The van der Waals surface area contributed by atoms with Crippen molar-refractivity contribution in [3.63, 3.8) is 0 Å². The van der Waals surface area contributed by atoms with E-state index >= 15 is 0 Å². The lowest BCUT2D eigenvalue weighted by atomic mass is 10.0. The molecule has 0 fully saturated rings. The average Bonchev–Trinajstić information content (AvgIpc) is 2.87. The summed E-state index contributed by atoms with van der Waals surface area (Å²) in [5.41, 5.74) is 5.31. The Morgan fingerprint density at radius 2 is 1.86 bits per heavy atom. The molecule has 1 aliphatic rings. The molecule has 0 radical (unpaired) electrons. The first-order chi connectivity index (χ1) is 10.3. The minimum atomic E-state index is 0.329. The van der Waals surface area contributed by atoms with Gasteiger partial charge in [0.25, 0.3) is 0 Å². The van der Waals surface area contributed by atoms with Crippen LogP contribution in [0.4, 0.5) is 0 Å². The molecular weight excluding hydrogens is 260 g/mol. The third kappa shape index (κ3) is 2.30. The second kappa shape index (κ2) is 4.93. The number of aromatic hydroxyl groups is 1. The molecule has 0 bridgehead atoms. The molecule has 2 N–H and O–H groups in total. The van der Waals surface area contributed by atoms with Gasteiger partial charge in [-0.15, -0.1) is 0 Å². The minimum absolute atomic E-state index is 0.329. The first-order valence-electron chi connectivity index (χ1n) is 7.38. The maximum Gasteiger partial charge on any atom is 0.115 e. The van der Waals surface area contributed by atoms with Crippen molar-refractivity contribution >= 4 is 10.9 Å². The fraction of sp³-hybridized carbons (Fsp3) is 0.222. The molecule has 3 aromatic rings. The minimum Gasteiger partial charge on any atom is -0.508 e. The zero-order valence-corrected chi connectivity index (χ0v) is 11.8. The molecule has 4 rings (SSSR count). The Morgan fingerprint density at radius 1 is 1.05 bits per heavy atom. The summed E-state index contributed by atoms with van der Waals surface area (Å²) in [5, 5.41) is 10.7. The summed E-state index contributed by atoms with van der Waals surface area (Å²) in [4.78, 5) is 6.01. The number of nitrogens with one attached hydrogen (secondary N) is 1. The van der Waals surface area contributed by atoms with E-state index in [-0.39, 0.29) is 0 Å². The van der Waals surface area contributed by atoms with Gasteiger partial charge in [0.1, 0.15) is 5.75 Å². The number of aromatic amines is 1. The lowest BCUT2D eigenvalue weighted by molar-refractivity contribution is 0.243. The van der Waals surface area contributed by atoms with Crippen LogP contribution in [0.15, 0.2) is 48.5 Å². The van der Waals surface area contributed by atoms with Gasteiger partial charge in [-0.3, -0.25) is 4.90 Å². The molecule has 0 saturated heterocycles. The highest BCUT2D eigenvalue weighted by atomic mass is 16.3. The number of H-pyrrole nitrogens is 1. The quantitative estimate of drug-likeness (QED) is 0.754. The van der Waals surface area contributed by atoms with Gasteiger partial charge in [-0.25, -0.2) is 0 Å². The predicted molar refractivity (Wildman–Crippen MR) is 84.2 cm³/mol. The number of aromatic nitrogens is 1. The Bertz CT molecular complexity index is 774. The van der Waals surface area contributed by atoms with Gasteiger partial charge in [-0.2, -0.15) is 0 Å². The van der Waals surface area contributed by atoms with Crippen LogP contribution < -0.4 is 0 Å². The molecule has 0 aliphatic carbocycles. The molecule has 0 atom stereocenters. The van der Waals surface area contributed by atoms with E-state index in [0.717, 1.165) is 26.1 Å². The number of hydrogen-bond acceptors (Lipinski definition) is 2. The van der Waals surface area contributed by atoms with E-state index in [0.29, 0.717) is 5.75 Å². The summed E-state index contributed by atoms with van der Waals surface area (Å²) in [5.74, 6) is 0.329. The maximum absolute atomic E-state index is 9.35. The van der Waals surface area contributed by atoms with Gasteiger partial charge in [-0.05, 0) is 35.7 Å². The zero-order chi connectivity index (χ0) is 14.2. The van der Waals surface area contributed by atoms with Crippen molar-refractivity contribution in [3.05, 3.63) is 65.4 Å². The smallest absolute Gasteiger partial charge is 0.115 e. The molecule has 2 aromatic carbocycles. The topological polar surface area (TPSA) is 39.3 Å². The third-order valence-corrected chi connectivity index (χ3v) is 4.30. The van der Waals surface area contributed by atoms with Crippen molar-refractivity contribution in [3.8, 4) is 5.75 Å². The molecule has 21 heavy (non-hydrogen) atoms. The van der Waals surface area contributed by atoms with Crippen LogP contribution in [0.2, 0.25) is 0 Å². The van der Waals surface area contributed by atoms with E-state index in [2.05, 4.69) is 34.1 Å². The van der Waals surface area contributed by atoms with Crippen LogP contribution in [0.3, 0.4) is 0 Å². The lowest BCUT2D eigenvalue weighted by Gasteiger charge is -2.27. The van der Waals surface area contributed by atoms with Crippen molar-refractivity contribution in [2.45, 2.75) is 19.5 Å². The Labute approximate surface area is 123 Å². The maximum atomic E-state index is 9.35. The highest BCUT2D eigenvalue weighted by Gasteiger charge is 2.20. The fourth-order valence-corrected chi connectivity index (χ4v) is 3.24. The van der Waals surface area contributed by atoms with Gasteiger partial charge in [-0.1, -0.05) is 30.3 Å². The van der Waals surface area contributed by atoms with Crippen LogP contribution in [0.25, 0.3) is 10.9 Å². The van der Waals surface area contributed by atoms with Gasteiger partial charge in [0.05, 0.1) is 0 Å². The van der Waals surface area contributed by atoms with Crippen molar-refractivity contribution in [2.75, 3.05) is 6.54 Å². The molecule has 3 heteroatoms. The van der Waals surface area contributed by atoms with Gasteiger partial charge in [0.15, 0.2) is 0 Å². The highest BCUT2D eigenvalue weighted by Crippen LogP contribution is 2.28. The fourth-order valence-electron chi connectivity index (χ4n) is 3.24. The molecule has 106 valence electrons. The van der Waals surface area contributed by atoms with Gasteiger partial charge in [0.2, 0.25) is 0 Å². The third-order valence-electron chi connectivity index (χ3n) is 4.30. The lowest BCUT2D eigenvalue weighted by Crippen LogP contribution is -2.29. The van der Waals surface area contributed by atoms with Crippen molar-refractivity contribution in [1.82, 2.24) is 9.88 Å². The molecule has 1 aromatic heterocycles. The van der Waals surface area contributed by atoms with E-state index < -0.39 is 0 Å². The molecule has 0 amide bonds. The monoisotopic (exact) mass is 278 g/mol. The number of hydrogen-bond donors (Lipinski definition) is 2. The van der Waals surface area contributed by atoms with Crippen molar-refractivity contribution in [1.29, 1.82) is 0 Å². The summed E-state index contributed by atoms with van der Waals surface area (Å²) in [7, 11) is 0. The SMILES string of the molecule is Oc1ccc(CN2CCc3c([nH]c4ccccc34)C2)cc1. The average molecular weight is 278 g/mol. The van der Waals surface area contributed by atoms with Crippen LogP contribution in [0, 0.1) is 0 Å². The van der Waals surface area contributed by atoms with Crippen LogP contribution in [-0.4, -0.2) is 21.5 Å². The summed E-state index contributed by atoms with van der Waals surface area (Å²) in [6.07, 6.45) is 1.09. The number of rotatable bonds is 2. The standard InChI is InChI=1S/C18H18N2O/c21-14-7-5-13(6-8-14)11-20-10-9-16-15-3-1-2-4-17(15)19-18(16)12-20/h1-8,19,21H,9-12H2. The summed E-state index contributed by atoms with van der Waals surface area (Å²) >= 11 is 0. The Balaban J connectivity index is 1.57. The van der Waals surface area contributed by atoms with Crippen LogP contribution >= 0.6 is 0 Å². The first-order valence-corrected chi connectivity index (χ1v) is 7.38. The van der Waals surface area contributed by atoms with Crippen molar-refractivity contribution < 1.29 is 5.11 Å². The Hall–Kier alpha value is -2.26. The zero-order valence-electron chi connectivity index (χ0n) is 11.8. The molecular formula is C18H18N2O.